The molecule has 1 aromatic carbocycles. The molecular weight excluding hydrogens is 274 g/mol. The Morgan fingerprint density at radius 2 is 2.10 bits per heavy atom. The van der Waals surface area contributed by atoms with Crippen LogP contribution in [0.1, 0.15) is 32.1 Å². The van der Waals surface area contributed by atoms with E-state index in [2.05, 4.69) is 24.2 Å². The lowest BCUT2D eigenvalue weighted by molar-refractivity contribution is 0.273. The number of fused-ring (bicyclic) bond motifs is 1. The van der Waals surface area contributed by atoms with Gasteiger partial charge < -0.3 is 9.32 Å². The highest BCUT2D eigenvalue weighted by Gasteiger charge is 2.17. The van der Waals surface area contributed by atoms with Crippen LogP contribution in [0.15, 0.2) is 28.7 Å². The molecule has 0 saturated carbocycles. The van der Waals surface area contributed by atoms with E-state index in [0.717, 1.165) is 42.8 Å². The van der Waals surface area contributed by atoms with Gasteiger partial charge in [-0.15, -0.1) is 0 Å². The zero-order chi connectivity index (χ0) is 14.5. The van der Waals surface area contributed by atoms with Gasteiger partial charge in [0.1, 0.15) is 5.76 Å². The Hall–Kier alpha value is -1.07. The number of furan rings is 1. The maximum absolute atomic E-state index is 6.14. The Morgan fingerprint density at radius 3 is 2.70 bits per heavy atom. The van der Waals surface area contributed by atoms with Gasteiger partial charge in [0.05, 0.1) is 11.1 Å². The van der Waals surface area contributed by atoms with Gasteiger partial charge in [0, 0.05) is 11.9 Å². The molecule has 1 unspecified atom stereocenters. The van der Waals surface area contributed by atoms with E-state index < -0.39 is 0 Å². The number of hydrogen-bond acceptors (Lipinski definition) is 4. The van der Waals surface area contributed by atoms with Crippen LogP contribution in [0.25, 0.3) is 11.0 Å². The minimum absolute atomic E-state index is 0.000864. The summed E-state index contributed by atoms with van der Waals surface area (Å²) in [7, 11) is 0. The third-order valence-corrected chi connectivity index (χ3v) is 3.99. The van der Waals surface area contributed by atoms with Gasteiger partial charge in [-0.25, -0.2) is 5.43 Å². The Labute approximate surface area is 124 Å². The largest absolute Gasteiger partial charge is 0.458 e. The number of hydrogen-bond donors (Lipinski definition) is 2. The lowest BCUT2D eigenvalue weighted by Crippen LogP contribution is -2.32. The summed E-state index contributed by atoms with van der Waals surface area (Å²) >= 11 is 6.14. The van der Waals surface area contributed by atoms with Gasteiger partial charge >= 0.3 is 0 Å². The van der Waals surface area contributed by atoms with Crippen LogP contribution in [-0.4, -0.2) is 24.5 Å². The topological polar surface area (TPSA) is 54.4 Å². The van der Waals surface area contributed by atoms with Gasteiger partial charge in [0.2, 0.25) is 0 Å². The molecule has 0 aliphatic rings. The van der Waals surface area contributed by atoms with Crippen LogP contribution >= 0.6 is 11.6 Å². The first-order valence-corrected chi connectivity index (χ1v) is 7.43. The predicted molar refractivity (Wildman–Crippen MR) is 83.7 cm³/mol. The number of rotatable bonds is 7. The fraction of sp³-hybridized carbons (Fsp3) is 0.467. The van der Waals surface area contributed by atoms with Crippen molar-refractivity contribution in [3.05, 3.63) is 35.0 Å². The van der Waals surface area contributed by atoms with E-state index in [1.54, 1.807) is 0 Å². The van der Waals surface area contributed by atoms with Crippen molar-refractivity contribution in [1.82, 2.24) is 10.3 Å². The van der Waals surface area contributed by atoms with E-state index in [1.165, 1.54) is 0 Å². The van der Waals surface area contributed by atoms with E-state index in [1.807, 2.05) is 24.3 Å². The van der Waals surface area contributed by atoms with E-state index in [9.17, 15) is 0 Å². The molecule has 1 atom stereocenters. The van der Waals surface area contributed by atoms with Crippen molar-refractivity contribution >= 4 is 22.6 Å². The number of benzene rings is 1. The first-order valence-electron chi connectivity index (χ1n) is 7.06. The van der Waals surface area contributed by atoms with Crippen molar-refractivity contribution in [2.75, 3.05) is 19.6 Å². The number of hydrazine groups is 1. The molecule has 2 aromatic rings. The summed E-state index contributed by atoms with van der Waals surface area (Å²) in [5.74, 6) is 6.51. The molecule has 0 fully saturated rings. The molecular formula is C15H22ClN3O. The first kappa shape index (κ1) is 15.3. The second-order valence-corrected chi connectivity index (χ2v) is 5.25. The van der Waals surface area contributed by atoms with Gasteiger partial charge in [0.25, 0.3) is 0 Å². The van der Waals surface area contributed by atoms with E-state index in [4.69, 9.17) is 21.9 Å². The summed E-state index contributed by atoms with van der Waals surface area (Å²) in [6, 6.07) is 7.75. The highest BCUT2D eigenvalue weighted by Crippen LogP contribution is 2.30. The molecule has 0 spiro atoms. The molecule has 0 radical (unpaired) electrons. The minimum Gasteiger partial charge on any atom is -0.458 e. The molecule has 0 aliphatic carbocycles. The average Bonchev–Trinajstić information content (AvgIpc) is 2.89. The maximum Gasteiger partial charge on any atom is 0.152 e. The second-order valence-electron chi connectivity index (χ2n) is 4.84. The van der Waals surface area contributed by atoms with Crippen LogP contribution in [-0.2, 0) is 0 Å². The van der Waals surface area contributed by atoms with Gasteiger partial charge in [-0.3, -0.25) is 5.84 Å². The third-order valence-electron chi connectivity index (χ3n) is 3.69. The molecule has 5 heteroatoms. The lowest BCUT2D eigenvalue weighted by atomic mass is 10.1. The van der Waals surface area contributed by atoms with Gasteiger partial charge in [-0.05, 0) is 31.6 Å². The standard InChI is InChI=1S/C15H22ClN3O/c1-3-19(4-2)9-8-13(18-17)14-10-11-6-5-7-12(16)15(11)20-14/h5-7,10,13,18H,3-4,8-9,17H2,1-2H3. The number of para-hydroxylation sites is 1. The number of halogens is 1. The van der Waals surface area contributed by atoms with E-state index in [-0.39, 0.29) is 6.04 Å². The Bertz CT molecular complexity index is 551. The monoisotopic (exact) mass is 295 g/mol. The average molecular weight is 296 g/mol. The van der Waals surface area contributed by atoms with Crippen LogP contribution in [0.5, 0.6) is 0 Å². The van der Waals surface area contributed by atoms with Gasteiger partial charge in [0.15, 0.2) is 5.58 Å². The molecule has 0 amide bonds. The van der Waals surface area contributed by atoms with Gasteiger partial charge in [-0.2, -0.15) is 0 Å². The number of nitrogens with two attached hydrogens (primary N) is 1. The zero-order valence-corrected chi connectivity index (χ0v) is 12.8. The Balaban J connectivity index is 2.15. The van der Waals surface area contributed by atoms with Gasteiger partial charge in [-0.1, -0.05) is 37.6 Å². The van der Waals surface area contributed by atoms with Crippen molar-refractivity contribution in [2.45, 2.75) is 26.3 Å². The van der Waals surface area contributed by atoms with Crippen LogP contribution < -0.4 is 11.3 Å². The molecule has 2 rings (SSSR count). The summed E-state index contributed by atoms with van der Waals surface area (Å²) in [4.78, 5) is 2.36. The molecule has 110 valence electrons. The maximum atomic E-state index is 6.14. The number of nitrogens with one attached hydrogen (secondary N) is 1. The second kappa shape index (κ2) is 7.09. The summed E-state index contributed by atoms with van der Waals surface area (Å²) in [6.45, 7) is 7.39. The van der Waals surface area contributed by atoms with Crippen LogP contribution in [0, 0.1) is 0 Å². The van der Waals surface area contributed by atoms with Crippen LogP contribution in [0.2, 0.25) is 5.02 Å². The van der Waals surface area contributed by atoms with Crippen LogP contribution in [0.3, 0.4) is 0 Å². The highest BCUT2D eigenvalue weighted by atomic mass is 35.5. The first-order chi connectivity index (χ1) is 9.69. The summed E-state index contributed by atoms with van der Waals surface area (Å²) in [6.07, 6.45) is 0.898. The number of nitrogens with zero attached hydrogens (tertiary/aromatic N) is 1. The summed E-state index contributed by atoms with van der Waals surface area (Å²) < 4.78 is 5.86. The molecule has 0 aliphatic heterocycles. The Kier molecular flexibility index (Phi) is 5.43. The quantitative estimate of drug-likeness (QED) is 0.608. The predicted octanol–water partition coefficient (Wildman–Crippen LogP) is 3.32. The van der Waals surface area contributed by atoms with Crippen LogP contribution in [0.4, 0.5) is 0 Å². The Morgan fingerprint density at radius 1 is 1.35 bits per heavy atom. The molecule has 0 bridgehead atoms. The fourth-order valence-corrected chi connectivity index (χ4v) is 2.60. The summed E-state index contributed by atoms with van der Waals surface area (Å²) in [5.41, 5.74) is 3.57. The summed E-state index contributed by atoms with van der Waals surface area (Å²) in [5, 5.41) is 1.64. The normalized spacial score (nSPS) is 13.2. The highest BCUT2D eigenvalue weighted by molar-refractivity contribution is 6.34. The molecule has 1 heterocycles. The van der Waals surface area contributed by atoms with Crippen molar-refractivity contribution in [1.29, 1.82) is 0 Å². The van der Waals surface area contributed by atoms with Crippen molar-refractivity contribution in [3.63, 3.8) is 0 Å². The zero-order valence-electron chi connectivity index (χ0n) is 12.0. The molecule has 0 saturated heterocycles. The molecule has 1 aromatic heterocycles. The molecule has 4 nitrogen and oxygen atoms in total. The SMILES string of the molecule is CCN(CC)CCC(NN)c1cc2cccc(Cl)c2o1. The third kappa shape index (κ3) is 3.33. The fourth-order valence-electron chi connectivity index (χ4n) is 2.38. The smallest absolute Gasteiger partial charge is 0.152 e. The molecule has 3 N–H and O–H groups in total. The minimum atomic E-state index is -0.000864. The molecule has 20 heavy (non-hydrogen) atoms. The van der Waals surface area contributed by atoms with Crippen molar-refractivity contribution in [3.8, 4) is 0 Å². The lowest BCUT2D eigenvalue weighted by Gasteiger charge is -2.21. The van der Waals surface area contributed by atoms with E-state index in [0.29, 0.717) is 5.02 Å². The van der Waals surface area contributed by atoms with Crippen molar-refractivity contribution < 1.29 is 4.42 Å². The van der Waals surface area contributed by atoms with Crippen molar-refractivity contribution in [2.24, 2.45) is 5.84 Å². The van der Waals surface area contributed by atoms with E-state index >= 15 is 0 Å².